The summed E-state index contributed by atoms with van der Waals surface area (Å²) in [4.78, 5) is 40.2. The lowest BCUT2D eigenvalue weighted by atomic mass is 10.0. The minimum absolute atomic E-state index is 0.147. The molecule has 0 aliphatic carbocycles. The van der Waals surface area contributed by atoms with Crippen molar-refractivity contribution >= 4 is 34.0 Å². The maximum absolute atomic E-state index is 12.7. The fourth-order valence-electron chi connectivity index (χ4n) is 7.09. The predicted molar refractivity (Wildman–Crippen MR) is 163 cm³/mol. The fourth-order valence-corrected chi connectivity index (χ4v) is 7.09. The van der Waals surface area contributed by atoms with Crippen molar-refractivity contribution in [3.05, 3.63) is 35.9 Å². The number of aromatic nitrogens is 6. The second-order valence-electron chi connectivity index (χ2n) is 12.3. The molecule has 3 aromatic heterocycles. The number of imidazole rings is 2. The molecule has 0 unspecified atom stereocenters. The Labute approximate surface area is 251 Å². The molecule has 2 atom stereocenters. The van der Waals surface area contributed by atoms with Gasteiger partial charge in [0, 0.05) is 51.7 Å². The number of carbonyl (C=O) groups is 1. The number of carbonyl (C=O) groups excluding carboxylic acids is 1. The number of hydrogen-bond acceptors (Lipinski definition) is 10. The zero-order valence-corrected chi connectivity index (χ0v) is 25.8. The SMILES string of the molecule is CCOC(=O)C(C)(C)N1C[C@@H]2C[C@H]1CN2Cc1nc2c(N3CCOCC3)nc(-n3c(CC)nc4ccccc43)nc2n1C. The number of esters is 1. The summed E-state index contributed by atoms with van der Waals surface area (Å²) in [6, 6.07) is 8.83. The molecular formula is C31H41N9O3. The average molecular weight is 588 g/mol. The van der Waals surface area contributed by atoms with Crippen LogP contribution in [0.25, 0.3) is 28.1 Å². The molecule has 43 heavy (non-hydrogen) atoms. The number of piperazine rings is 1. The molecule has 3 aliphatic rings. The monoisotopic (exact) mass is 587 g/mol. The number of hydrogen-bond donors (Lipinski definition) is 0. The van der Waals surface area contributed by atoms with E-state index in [4.69, 9.17) is 29.4 Å². The molecule has 7 rings (SSSR count). The largest absolute Gasteiger partial charge is 0.465 e. The lowest BCUT2D eigenvalue weighted by Gasteiger charge is -2.42. The van der Waals surface area contributed by atoms with Crippen LogP contribution in [0.4, 0.5) is 5.82 Å². The van der Waals surface area contributed by atoms with Gasteiger partial charge in [0.1, 0.15) is 17.2 Å². The van der Waals surface area contributed by atoms with Crippen LogP contribution in [0.3, 0.4) is 0 Å². The van der Waals surface area contributed by atoms with E-state index in [9.17, 15) is 4.79 Å². The van der Waals surface area contributed by atoms with Crippen LogP contribution < -0.4 is 4.90 Å². The molecule has 12 nitrogen and oxygen atoms in total. The molecular weight excluding hydrogens is 546 g/mol. The van der Waals surface area contributed by atoms with E-state index in [0.29, 0.717) is 44.4 Å². The standard InChI is InChI=1S/C31H41N9O3/c1-6-24-32-22-10-8-9-11-23(22)40(24)30-34-27-26(28(35-30)37-12-14-42-15-13-37)33-25(36(27)5)19-38-17-21-16-20(38)18-39(21)31(3,4)29(41)43-7-2/h8-11,20-21H,6-7,12-19H2,1-5H3/t20-,21-/m0/s1. The summed E-state index contributed by atoms with van der Waals surface area (Å²) in [6.07, 6.45) is 1.81. The number of ether oxygens (including phenoxy) is 2. The van der Waals surface area contributed by atoms with Crippen LogP contribution in [0.2, 0.25) is 0 Å². The lowest BCUT2D eigenvalue weighted by molar-refractivity contribution is -0.157. The first kappa shape index (κ1) is 28.2. The Hall–Kier alpha value is -3.61. The van der Waals surface area contributed by atoms with Crippen LogP contribution in [0.1, 0.15) is 45.8 Å². The summed E-state index contributed by atoms with van der Waals surface area (Å²) in [5.74, 6) is 3.21. The maximum atomic E-state index is 12.7. The van der Waals surface area contributed by atoms with E-state index < -0.39 is 5.54 Å². The number of fused-ring (bicyclic) bond motifs is 4. The van der Waals surface area contributed by atoms with Gasteiger partial charge in [0.25, 0.3) is 0 Å². The van der Waals surface area contributed by atoms with Gasteiger partial charge in [0.2, 0.25) is 5.95 Å². The molecule has 228 valence electrons. The number of likely N-dealkylation sites (tertiary alicyclic amines) is 2. The Morgan fingerprint density at radius 3 is 2.53 bits per heavy atom. The van der Waals surface area contributed by atoms with Crippen molar-refractivity contribution in [3.63, 3.8) is 0 Å². The summed E-state index contributed by atoms with van der Waals surface area (Å²) in [5, 5.41) is 0. The second-order valence-corrected chi connectivity index (χ2v) is 12.3. The minimum atomic E-state index is -0.632. The molecule has 2 bridgehead atoms. The van der Waals surface area contributed by atoms with E-state index in [0.717, 1.165) is 78.7 Å². The predicted octanol–water partition coefficient (Wildman–Crippen LogP) is 2.70. The Kier molecular flexibility index (Phi) is 7.10. The van der Waals surface area contributed by atoms with Gasteiger partial charge in [-0.15, -0.1) is 0 Å². The van der Waals surface area contributed by atoms with Gasteiger partial charge in [-0.3, -0.25) is 19.2 Å². The van der Waals surface area contributed by atoms with Gasteiger partial charge in [-0.2, -0.15) is 9.97 Å². The molecule has 6 heterocycles. The van der Waals surface area contributed by atoms with E-state index >= 15 is 0 Å². The summed E-state index contributed by atoms with van der Waals surface area (Å²) in [7, 11) is 2.06. The first-order chi connectivity index (χ1) is 20.8. The average Bonchev–Trinajstić information content (AvgIpc) is 3.79. The number of rotatable bonds is 8. The van der Waals surface area contributed by atoms with Crippen LogP contribution in [-0.2, 0) is 34.3 Å². The fraction of sp³-hybridized carbons (Fsp3) is 0.581. The highest BCUT2D eigenvalue weighted by atomic mass is 16.5. The zero-order chi connectivity index (χ0) is 29.9. The van der Waals surface area contributed by atoms with E-state index in [1.165, 1.54) is 0 Å². The lowest BCUT2D eigenvalue weighted by Crippen LogP contribution is -2.58. The van der Waals surface area contributed by atoms with Crippen LogP contribution in [0, 0.1) is 0 Å². The molecule has 0 amide bonds. The van der Waals surface area contributed by atoms with Crippen molar-refractivity contribution in [2.24, 2.45) is 7.05 Å². The number of benzene rings is 1. The number of nitrogens with zero attached hydrogens (tertiary/aromatic N) is 9. The molecule has 3 fully saturated rings. The van der Waals surface area contributed by atoms with Crippen LogP contribution in [0.15, 0.2) is 24.3 Å². The first-order valence-corrected chi connectivity index (χ1v) is 15.5. The zero-order valence-electron chi connectivity index (χ0n) is 25.8. The Morgan fingerprint density at radius 2 is 1.81 bits per heavy atom. The van der Waals surface area contributed by atoms with E-state index in [1.54, 1.807) is 0 Å². The Balaban J connectivity index is 1.24. The van der Waals surface area contributed by atoms with Gasteiger partial charge in [-0.05, 0) is 39.3 Å². The van der Waals surface area contributed by atoms with Crippen LogP contribution in [-0.4, -0.2) is 108 Å². The third-order valence-electron chi connectivity index (χ3n) is 9.43. The van der Waals surface area contributed by atoms with Crippen molar-refractivity contribution in [2.45, 2.75) is 64.7 Å². The van der Waals surface area contributed by atoms with Gasteiger partial charge in [0.15, 0.2) is 17.0 Å². The smallest absolute Gasteiger partial charge is 0.325 e. The van der Waals surface area contributed by atoms with Gasteiger partial charge in [-0.1, -0.05) is 19.1 Å². The summed E-state index contributed by atoms with van der Waals surface area (Å²) in [6.45, 7) is 13.6. The Morgan fingerprint density at radius 1 is 1.02 bits per heavy atom. The van der Waals surface area contributed by atoms with Crippen LogP contribution >= 0.6 is 0 Å². The van der Waals surface area contributed by atoms with E-state index in [2.05, 4.69) is 43.9 Å². The number of morpholine rings is 1. The second kappa shape index (κ2) is 10.8. The number of para-hydroxylation sites is 2. The summed E-state index contributed by atoms with van der Waals surface area (Å²) < 4.78 is 15.3. The molecule has 0 spiro atoms. The van der Waals surface area contributed by atoms with Crippen molar-refractivity contribution in [3.8, 4) is 5.95 Å². The van der Waals surface area contributed by atoms with Gasteiger partial charge >= 0.3 is 5.97 Å². The minimum Gasteiger partial charge on any atom is -0.465 e. The van der Waals surface area contributed by atoms with Crippen molar-refractivity contribution in [1.82, 2.24) is 38.9 Å². The van der Waals surface area contributed by atoms with Crippen LogP contribution in [0.5, 0.6) is 0 Å². The molecule has 1 aromatic carbocycles. The van der Waals surface area contributed by atoms with Gasteiger partial charge < -0.3 is 18.9 Å². The summed E-state index contributed by atoms with van der Waals surface area (Å²) >= 11 is 0. The summed E-state index contributed by atoms with van der Waals surface area (Å²) in [5.41, 5.74) is 2.94. The number of aryl methyl sites for hydroxylation is 2. The highest BCUT2D eigenvalue weighted by Crippen LogP contribution is 2.37. The van der Waals surface area contributed by atoms with Crippen molar-refractivity contribution in [2.75, 3.05) is 50.9 Å². The maximum Gasteiger partial charge on any atom is 0.325 e. The van der Waals surface area contributed by atoms with E-state index in [-0.39, 0.29) is 5.97 Å². The first-order valence-electron chi connectivity index (χ1n) is 15.5. The third-order valence-corrected chi connectivity index (χ3v) is 9.43. The molecule has 0 N–H and O–H groups in total. The highest BCUT2D eigenvalue weighted by Gasteiger charge is 2.51. The molecule has 3 saturated heterocycles. The van der Waals surface area contributed by atoms with E-state index in [1.807, 2.05) is 39.0 Å². The highest BCUT2D eigenvalue weighted by molar-refractivity contribution is 5.86. The molecule has 0 radical (unpaired) electrons. The quantitative estimate of drug-likeness (QED) is 0.286. The third kappa shape index (κ3) is 4.67. The topological polar surface area (TPSA) is 107 Å². The molecule has 4 aromatic rings. The molecule has 0 saturated carbocycles. The van der Waals surface area contributed by atoms with Crippen molar-refractivity contribution in [1.29, 1.82) is 0 Å². The molecule has 3 aliphatic heterocycles. The Bertz CT molecular complexity index is 1670. The number of anilines is 1. The normalized spacial score (nSPS) is 21.5. The van der Waals surface area contributed by atoms with Gasteiger partial charge in [0.05, 0.1) is 37.4 Å². The van der Waals surface area contributed by atoms with Gasteiger partial charge in [-0.25, -0.2) is 9.97 Å². The molecule has 12 heteroatoms. The van der Waals surface area contributed by atoms with Crippen molar-refractivity contribution < 1.29 is 14.3 Å².